The Balaban J connectivity index is 1.68. The SMILES string of the molecule is C[NH+]1CCN(NC(=O)[C@H](Cc2ccccc2)NC(=O)c2ccccc2)CC1. The molecule has 0 unspecified atom stereocenters. The number of nitrogens with one attached hydrogen (secondary N) is 3. The molecule has 2 amide bonds. The number of rotatable bonds is 6. The molecule has 6 heteroatoms. The summed E-state index contributed by atoms with van der Waals surface area (Å²) in [6.45, 7) is 3.59. The zero-order valence-corrected chi connectivity index (χ0v) is 15.7. The normalized spacial score (nSPS) is 16.5. The first-order chi connectivity index (χ1) is 13.1. The first-order valence-electron chi connectivity index (χ1n) is 9.38. The van der Waals surface area contributed by atoms with Gasteiger partial charge < -0.3 is 10.2 Å². The third kappa shape index (κ3) is 5.64. The molecule has 1 heterocycles. The van der Waals surface area contributed by atoms with Crippen molar-refractivity contribution in [2.24, 2.45) is 0 Å². The summed E-state index contributed by atoms with van der Waals surface area (Å²) in [5.74, 6) is -0.419. The number of benzene rings is 2. The summed E-state index contributed by atoms with van der Waals surface area (Å²) in [4.78, 5) is 26.9. The van der Waals surface area contributed by atoms with Crippen molar-refractivity contribution in [3.8, 4) is 0 Å². The highest BCUT2D eigenvalue weighted by molar-refractivity contribution is 5.97. The largest absolute Gasteiger partial charge is 0.340 e. The predicted octanol–water partition coefficient (Wildman–Crippen LogP) is -0.111. The molecule has 3 N–H and O–H groups in total. The van der Waals surface area contributed by atoms with Crippen molar-refractivity contribution < 1.29 is 14.5 Å². The van der Waals surface area contributed by atoms with Gasteiger partial charge in [-0.25, -0.2) is 5.01 Å². The highest BCUT2D eigenvalue weighted by Gasteiger charge is 2.25. The number of quaternary nitrogens is 1. The van der Waals surface area contributed by atoms with Crippen molar-refractivity contribution in [2.45, 2.75) is 12.5 Å². The van der Waals surface area contributed by atoms with E-state index in [2.05, 4.69) is 17.8 Å². The minimum atomic E-state index is -0.632. The second-order valence-corrected chi connectivity index (χ2v) is 7.00. The molecule has 0 aromatic heterocycles. The van der Waals surface area contributed by atoms with E-state index in [4.69, 9.17) is 0 Å². The lowest BCUT2D eigenvalue weighted by molar-refractivity contribution is -0.884. The van der Waals surface area contributed by atoms with Gasteiger partial charge >= 0.3 is 0 Å². The summed E-state index contributed by atoms with van der Waals surface area (Å²) < 4.78 is 0. The van der Waals surface area contributed by atoms with Crippen LogP contribution in [0.15, 0.2) is 60.7 Å². The Morgan fingerprint density at radius 1 is 1.00 bits per heavy atom. The molecule has 1 aliphatic rings. The number of hydrogen-bond acceptors (Lipinski definition) is 3. The first-order valence-corrected chi connectivity index (χ1v) is 9.38. The van der Waals surface area contributed by atoms with Crippen LogP contribution < -0.4 is 15.6 Å². The first kappa shape index (κ1) is 19.1. The van der Waals surface area contributed by atoms with E-state index in [-0.39, 0.29) is 11.8 Å². The summed E-state index contributed by atoms with van der Waals surface area (Å²) in [5.41, 5.74) is 4.54. The lowest BCUT2D eigenvalue weighted by atomic mass is 10.0. The molecule has 2 aromatic carbocycles. The van der Waals surface area contributed by atoms with E-state index in [9.17, 15) is 9.59 Å². The number of amides is 2. The Kier molecular flexibility index (Phi) is 6.57. The Morgan fingerprint density at radius 3 is 2.22 bits per heavy atom. The van der Waals surface area contributed by atoms with E-state index in [1.54, 1.807) is 12.1 Å². The Labute approximate surface area is 160 Å². The second-order valence-electron chi connectivity index (χ2n) is 7.00. The van der Waals surface area contributed by atoms with Crippen molar-refractivity contribution in [3.05, 3.63) is 71.8 Å². The molecule has 6 nitrogen and oxygen atoms in total. The number of hydrazine groups is 1. The lowest BCUT2D eigenvalue weighted by Crippen LogP contribution is -3.12. The number of likely N-dealkylation sites (N-methyl/N-ethyl adjacent to an activating group) is 1. The summed E-state index contributed by atoms with van der Waals surface area (Å²) >= 11 is 0. The summed E-state index contributed by atoms with van der Waals surface area (Å²) in [7, 11) is 2.15. The Morgan fingerprint density at radius 2 is 1.59 bits per heavy atom. The van der Waals surface area contributed by atoms with Gasteiger partial charge in [-0.3, -0.25) is 15.0 Å². The fraction of sp³-hybridized carbons (Fsp3) is 0.333. The van der Waals surface area contributed by atoms with Crippen LogP contribution in [0.25, 0.3) is 0 Å². The zero-order chi connectivity index (χ0) is 19.1. The van der Waals surface area contributed by atoms with Gasteiger partial charge in [0, 0.05) is 12.0 Å². The van der Waals surface area contributed by atoms with Crippen molar-refractivity contribution in [1.82, 2.24) is 15.8 Å². The van der Waals surface area contributed by atoms with E-state index >= 15 is 0 Å². The molecule has 1 saturated heterocycles. The van der Waals surface area contributed by atoms with Crippen LogP contribution >= 0.6 is 0 Å². The molecule has 0 aliphatic carbocycles. The maximum absolute atomic E-state index is 12.9. The van der Waals surface area contributed by atoms with Gasteiger partial charge in [-0.2, -0.15) is 0 Å². The van der Waals surface area contributed by atoms with Crippen LogP contribution in [-0.2, 0) is 11.2 Å². The van der Waals surface area contributed by atoms with E-state index in [1.165, 1.54) is 4.90 Å². The summed E-state index contributed by atoms with van der Waals surface area (Å²) in [6, 6.07) is 18.1. The minimum absolute atomic E-state index is 0.178. The van der Waals surface area contributed by atoms with Gasteiger partial charge in [0.25, 0.3) is 11.8 Å². The molecule has 3 rings (SSSR count). The van der Waals surface area contributed by atoms with Crippen molar-refractivity contribution >= 4 is 11.8 Å². The maximum Gasteiger partial charge on any atom is 0.257 e. The quantitative estimate of drug-likeness (QED) is 0.668. The highest BCUT2D eigenvalue weighted by atomic mass is 16.2. The van der Waals surface area contributed by atoms with Gasteiger partial charge in [0.15, 0.2) is 0 Å². The highest BCUT2D eigenvalue weighted by Crippen LogP contribution is 2.06. The van der Waals surface area contributed by atoms with Crippen molar-refractivity contribution in [2.75, 3.05) is 33.2 Å². The smallest absolute Gasteiger partial charge is 0.257 e. The van der Waals surface area contributed by atoms with Crippen molar-refractivity contribution in [1.29, 1.82) is 0 Å². The van der Waals surface area contributed by atoms with Crippen LogP contribution in [0.5, 0.6) is 0 Å². The topological polar surface area (TPSA) is 65.9 Å². The number of hydrogen-bond donors (Lipinski definition) is 3. The van der Waals surface area contributed by atoms with Gasteiger partial charge in [0.1, 0.15) is 6.04 Å². The Hall–Kier alpha value is -2.70. The molecular weight excluding hydrogens is 340 g/mol. The third-order valence-electron chi connectivity index (χ3n) is 4.83. The summed E-state index contributed by atoms with van der Waals surface area (Å²) in [6.07, 6.45) is 0.449. The van der Waals surface area contributed by atoms with Crippen LogP contribution in [0, 0.1) is 0 Å². The standard InChI is InChI=1S/C21H26N4O2/c1-24-12-14-25(15-13-24)23-21(27)19(16-17-8-4-2-5-9-17)22-20(26)18-10-6-3-7-11-18/h2-11,19H,12-16H2,1H3,(H,22,26)(H,23,27)/p+1/t19-/m0/s1. The number of carbonyl (C=O) groups is 2. The molecular formula is C21H27N4O2+. The van der Waals surface area contributed by atoms with E-state index < -0.39 is 6.04 Å². The molecule has 0 radical (unpaired) electrons. The average molecular weight is 367 g/mol. The van der Waals surface area contributed by atoms with E-state index in [1.807, 2.05) is 53.5 Å². The van der Waals surface area contributed by atoms with E-state index in [0.717, 1.165) is 31.7 Å². The van der Waals surface area contributed by atoms with Crippen LogP contribution in [0.2, 0.25) is 0 Å². The monoisotopic (exact) mass is 367 g/mol. The maximum atomic E-state index is 12.9. The lowest BCUT2D eigenvalue weighted by Gasteiger charge is -2.31. The third-order valence-corrected chi connectivity index (χ3v) is 4.83. The second kappa shape index (κ2) is 9.30. The van der Waals surface area contributed by atoms with Gasteiger partial charge in [0.2, 0.25) is 0 Å². The zero-order valence-electron chi connectivity index (χ0n) is 15.7. The number of carbonyl (C=O) groups excluding carboxylic acids is 2. The number of piperazine rings is 1. The van der Waals surface area contributed by atoms with Crippen molar-refractivity contribution in [3.63, 3.8) is 0 Å². The van der Waals surface area contributed by atoms with Gasteiger partial charge in [0.05, 0.1) is 33.2 Å². The average Bonchev–Trinajstić information content (AvgIpc) is 2.70. The van der Waals surface area contributed by atoms with Crippen LogP contribution in [0.4, 0.5) is 0 Å². The molecule has 1 atom stereocenters. The molecule has 1 fully saturated rings. The molecule has 0 bridgehead atoms. The van der Waals surface area contributed by atoms with Crippen LogP contribution in [0.3, 0.4) is 0 Å². The molecule has 27 heavy (non-hydrogen) atoms. The van der Waals surface area contributed by atoms with Gasteiger partial charge in [-0.1, -0.05) is 48.5 Å². The number of nitrogens with zero attached hydrogens (tertiary/aromatic N) is 1. The van der Waals surface area contributed by atoms with E-state index in [0.29, 0.717) is 12.0 Å². The molecule has 0 saturated carbocycles. The molecule has 2 aromatic rings. The van der Waals surface area contributed by atoms with Crippen LogP contribution in [-0.4, -0.2) is 56.1 Å². The fourth-order valence-electron chi connectivity index (χ4n) is 3.12. The summed E-state index contributed by atoms with van der Waals surface area (Å²) in [5, 5.41) is 4.84. The molecule has 0 spiro atoms. The molecule has 1 aliphatic heterocycles. The Bertz CT molecular complexity index is 743. The minimum Gasteiger partial charge on any atom is -0.340 e. The van der Waals surface area contributed by atoms with Gasteiger partial charge in [-0.05, 0) is 17.7 Å². The van der Waals surface area contributed by atoms with Gasteiger partial charge in [-0.15, -0.1) is 0 Å². The van der Waals surface area contributed by atoms with Crippen LogP contribution in [0.1, 0.15) is 15.9 Å². The molecule has 142 valence electrons. The predicted molar refractivity (Wildman–Crippen MR) is 104 cm³/mol. The fourth-order valence-corrected chi connectivity index (χ4v) is 3.12.